The molecule has 1 atom stereocenters. The Labute approximate surface area is 186 Å². The molecule has 1 aromatic heterocycles. The van der Waals surface area contributed by atoms with Crippen molar-refractivity contribution in [2.24, 2.45) is 0 Å². The maximum atomic E-state index is 12.6. The van der Waals surface area contributed by atoms with Crippen LogP contribution >= 0.6 is 23.4 Å². The number of nitrogens with one attached hydrogen (secondary N) is 1. The zero-order valence-electron chi connectivity index (χ0n) is 17.5. The lowest BCUT2D eigenvalue weighted by molar-refractivity contribution is -0.131. The van der Waals surface area contributed by atoms with Gasteiger partial charge < -0.3 is 19.5 Å². The van der Waals surface area contributed by atoms with Crippen molar-refractivity contribution in [3.05, 3.63) is 40.7 Å². The van der Waals surface area contributed by atoms with E-state index in [1.54, 1.807) is 31.3 Å². The maximum absolute atomic E-state index is 12.6. The second-order valence-electron chi connectivity index (χ2n) is 7.38. The third-order valence-corrected chi connectivity index (χ3v) is 6.40. The highest BCUT2D eigenvalue weighted by atomic mass is 35.5. The van der Waals surface area contributed by atoms with Gasteiger partial charge in [-0.3, -0.25) is 9.59 Å². The number of carbonyl (C=O) groups is 2. The van der Waals surface area contributed by atoms with Gasteiger partial charge in [0, 0.05) is 19.3 Å². The predicted molar refractivity (Wildman–Crippen MR) is 119 cm³/mol. The van der Waals surface area contributed by atoms with Crippen molar-refractivity contribution < 1.29 is 14.3 Å². The van der Waals surface area contributed by atoms with E-state index < -0.39 is 0 Å². The number of hydrogen-bond donors (Lipinski definition) is 1. The number of amides is 2. The summed E-state index contributed by atoms with van der Waals surface area (Å²) in [5.41, 5.74) is 2.57. The van der Waals surface area contributed by atoms with Gasteiger partial charge in [0.15, 0.2) is 5.16 Å². The van der Waals surface area contributed by atoms with Gasteiger partial charge in [0.1, 0.15) is 0 Å². The average Bonchev–Trinajstić information content (AvgIpc) is 3.32. The van der Waals surface area contributed by atoms with Crippen LogP contribution in [0.4, 0.5) is 5.69 Å². The molecule has 0 spiro atoms. The number of nitrogens with zero attached hydrogens (tertiary/aromatic N) is 3. The lowest BCUT2D eigenvalue weighted by Crippen LogP contribution is -2.36. The highest BCUT2D eigenvalue weighted by Crippen LogP contribution is 2.24. The van der Waals surface area contributed by atoms with Gasteiger partial charge >= 0.3 is 0 Å². The fourth-order valence-corrected chi connectivity index (χ4v) is 4.46. The van der Waals surface area contributed by atoms with E-state index in [1.165, 1.54) is 16.7 Å². The van der Waals surface area contributed by atoms with E-state index in [1.807, 2.05) is 13.8 Å². The number of benzene rings is 1. The summed E-state index contributed by atoms with van der Waals surface area (Å²) in [6.45, 7) is 5.51. The summed E-state index contributed by atoms with van der Waals surface area (Å²) in [6.07, 6.45) is 2.33. The van der Waals surface area contributed by atoms with Crippen LogP contribution in [0.3, 0.4) is 0 Å². The number of carbonyl (C=O) groups excluding carboxylic acids is 2. The zero-order valence-corrected chi connectivity index (χ0v) is 19.1. The molecule has 7 nitrogen and oxygen atoms in total. The summed E-state index contributed by atoms with van der Waals surface area (Å²) < 4.78 is 7.89. The molecule has 1 saturated heterocycles. The smallest absolute Gasteiger partial charge is 0.244 e. The second kappa shape index (κ2) is 10.3. The molecule has 1 aromatic carbocycles. The van der Waals surface area contributed by atoms with Crippen LogP contribution in [0.15, 0.2) is 29.4 Å². The van der Waals surface area contributed by atoms with Crippen LogP contribution < -0.4 is 5.32 Å². The maximum Gasteiger partial charge on any atom is 0.244 e. The molecule has 2 aromatic rings. The Balaban J connectivity index is 1.54. The summed E-state index contributed by atoms with van der Waals surface area (Å²) in [5, 5.41) is 3.99. The molecule has 0 saturated carbocycles. The molecule has 0 bridgehead atoms. The normalized spacial score (nSPS) is 15.9. The first-order valence-electron chi connectivity index (χ1n) is 9.91. The molecule has 9 heteroatoms. The van der Waals surface area contributed by atoms with Gasteiger partial charge in [0.05, 0.1) is 41.4 Å². The Hall–Kier alpha value is -2.03. The molecule has 0 aliphatic carbocycles. The van der Waals surface area contributed by atoms with Gasteiger partial charge in [-0.15, -0.1) is 0 Å². The minimum absolute atomic E-state index is 0.0486. The van der Waals surface area contributed by atoms with Crippen molar-refractivity contribution in [2.45, 2.75) is 44.5 Å². The first-order chi connectivity index (χ1) is 14.3. The molecule has 30 heavy (non-hydrogen) atoms. The van der Waals surface area contributed by atoms with Gasteiger partial charge in [-0.2, -0.15) is 0 Å². The number of thioether (sulfide) groups is 1. The molecule has 2 heterocycles. The highest BCUT2D eigenvalue weighted by Gasteiger charge is 2.21. The van der Waals surface area contributed by atoms with Gasteiger partial charge in [-0.1, -0.05) is 35.5 Å². The third kappa shape index (κ3) is 5.77. The zero-order chi connectivity index (χ0) is 21.7. The minimum atomic E-state index is -0.296. The Morgan fingerprint density at radius 2 is 2.13 bits per heavy atom. The third-order valence-electron chi connectivity index (χ3n) is 5.11. The number of para-hydroxylation sites is 1. The quantitative estimate of drug-likeness (QED) is 0.622. The molecule has 3 rings (SSSR count). The fourth-order valence-electron chi connectivity index (χ4n) is 3.23. The van der Waals surface area contributed by atoms with Crippen molar-refractivity contribution in [2.75, 3.05) is 31.3 Å². The van der Waals surface area contributed by atoms with Crippen LogP contribution in [0.25, 0.3) is 0 Å². The second-order valence-corrected chi connectivity index (χ2v) is 8.73. The predicted octanol–water partition coefficient (Wildman–Crippen LogP) is 3.52. The molecule has 2 amide bonds. The van der Waals surface area contributed by atoms with Crippen LogP contribution in [-0.2, 0) is 20.9 Å². The lowest BCUT2D eigenvalue weighted by atomic mass is 10.2. The Kier molecular flexibility index (Phi) is 7.80. The molecular weight excluding hydrogens is 424 g/mol. The molecule has 1 fully saturated rings. The standard InChI is InChI=1S/C21H27ClN4O3S/c1-14-15(2)26(11-16-7-6-10-29-16)21(23-14)30-13-20(28)25(3)12-19(27)24-18-9-5-4-8-17(18)22/h4-5,8-9,16H,6-7,10-13H2,1-3H3,(H,24,27). The van der Waals surface area contributed by atoms with Crippen molar-refractivity contribution in [3.63, 3.8) is 0 Å². The minimum Gasteiger partial charge on any atom is -0.376 e. The number of ether oxygens (including phenoxy) is 1. The number of imidazole rings is 1. The molecule has 1 aliphatic heterocycles. The van der Waals surface area contributed by atoms with Gasteiger partial charge in [-0.25, -0.2) is 4.98 Å². The molecular formula is C21H27ClN4O3S. The number of rotatable bonds is 8. The van der Waals surface area contributed by atoms with E-state index in [2.05, 4.69) is 14.9 Å². The molecule has 162 valence electrons. The summed E-state index contributed by atoms with van der Waals surface area (Å²) in [5.74, 6) is -0.233. The van der Waals surface area contributed by atoms with Crippen molar-refractivity contribution in [3.8, 4) is 0 Å². The van der Waals surface area contributed by atoms with Crippen LogP contribution in [0.1, 0.15) is 24.2 Å². The SMILES string of the molecule is Cc1nc(SCC(=O)N(C)CC(=O)Nc2ccccc2Cl)n(CC2CCCO2)c1C. The molecule has 1 unspecified atom stereocenters. The van der Waals surface area contributed by atoms with Crippen molar-refractivity contribution >= 4 is 40.9 Å². The van der Waals surface area contributed by atoms with Crippen LogP contribution in [-0.4, -0.2) is 58.3 Å². The van der Waals surface area contributed by atoms with Crippen LogP contribution in [0.5, 0.6) is 0 Å². The Morgan fingerprint density at radius 1 is 1.37 bits per heavy atom. The van der Waals surface area contributed by atoms with Crippen LogP contribution in [0.2, 0.25) is 5.02 Å². The number of aryl methyl sites for hydroxylation is 1. The first-order valence-corrected chi connectivity index (χ1v) is 11.3. The van der Waals surface area contributed by atoms with E-state index in [-0.39, 0.29) is 30.2 Å². The number of likely N-dealkylation sites (N-methyl/N-ethyl adjacent to an activating group) is 1. The first kappa shape index (κ1) is 22.7. The Morgan fingerprint density at radius 3 is 2.83 bits per heavy atom. The monoisotopic (exact) mass is 450 g/mol. The molecule has 1 N–H and O–H groups in total. The van der Waals surface area contributed by atoms with Gasteiger partial charge in [0.25, 0.3) is 0 Å². The fraction of sp³-hybridized carbons (Fsp3) is 0.476. The number of aromatic nitrogens is 2. The Bertz CT molecular complexity index is 912. The highest BCUT2D eigenvalue weighted by molar-refractivity contribution is 7.99. The summed E-state index contributed by atoms with van der Waals surface area (Å²) >= 11 is 7.45. The summed E-state index contributed by atoms with van der Waals surface area (Å²) in [6, 6.07) is 6.99. The van der Waals surface area contributed by atoms with Gasteiger partial charge in [-0.05, 0) is 38.8 Å². The van der Waals surface area contributed by atoms with E-state index in [0.717, 1.165) is 42.5 Å². The van der Waals surface area contributed by atoms with Crippen molar-refractivity contribution in [1.82, 2.24) is 14.5 Å². The molecule has 1 aliphatic rings. The average molecular weight is 451 g/mol. The number of halogens is 1. The number of anilines is 1. The molecule has 0 radical (unpaired) electrons. The number of hydrogen-bond acceptors (Lipinski definition) is 5. The van der Waals surface area contributed by atoms with Crippen LogP contribution in [0, 0.1) is 13.8 Å². The van der Waals surface area contributed by atoms with Gasteiger partial charge in [0.2, 0.25) is 11.8 Å². The van der Waals surface area contributed by atoms with Crippen molar-refractivity contribution in [1.29, 1.82) is 0 Å². The van der Waals surface area contributed by atoms with E-state index in [0.29, 0.717) is 10.7 Å². The summed E-state index contributed by atoms with van der Waals surface area (Å²) in [4.78, 5) is 30.8. The largest absolute Gasteiger partial charge is 0.376 e. The summed E-state index contributed by atoms with van der Waals surface area (Å²) in [7, 11) is 1.62. The topological polar surface area (TPSA) is 76.5 Å². The lowest BCUT2D eigenvalue weighted by Gasteiger charge is -2.18. The van der Waals surface area contributed by atoms with E-state index >= 15 is 0 Å². The van der Waals surface area contributed by atoms with E-state index in [4.69, 9.17) is 16.3 Å². The van der Waals surface area contributed by atoms with E-state index in [9.17, 15) is 9.59 Å².